The normalized spacial score (nSPS) is 14.0. The molecule has 0 N–H and O–H groups in total. The molecule has 41 heavy (non-hydrogen) atoms. The first-order valence-corrected chi connectivity index (χ1v) is 14.9. The van der Waals surface area contributed by atoms with E-state index in [1.165, 1.54) is 44.5 Å². The Morgan fingerprint density at radius 1 is 0.561 bits per heavy atom. The number of nitrogens with zero attached hydrogens (tertiary/aromatic N) is 1. The van der Waals surface area contributed by atoms with Crippen molar-refractivity contribution < 1.29 is 0 Å². The zero-order valence-corrected chi connectivity index (χ0v) is 25.3. The molecule has 0 saturated heterocycles. The van der Waals surface area contributed by atoms with E-state index >= 15 is 0 Å². The van der Waals surface area contributed by atoms with Gasteiger partial charge < -0.3 is 0 Å². The van der Waals surface area contributed by atoms with Crippen LogP contribution in [0.3, 0.4) is 0 Å². The minimum atomic E-state index is -0.0767. The topological polar surface area (TPSA) is 3.01 Å². The standard InChI is InChI=1S/C39H33BrN/c1-4-5-6-10-25-41(34-22-24-36-35-23-19-32(40)26-37(35)39(2,3)38(36)27-34)33-20-17-31(18-21-33)30-15-13-29(14-16-30)28-11-8-7-9-12-28/h4-27H,1-3H3/q+1/b5-4-,10-6-,41-25?. The molecule has 0 bridgehead atoms. The lowest BCUT2D eigenvalue weighted by molar-refractivity contribution is 0.659. The molecule has 0 unspecified atom stereocenters. The number of hydrogen-bond donors (Lipinski definition) is 0. The van der Waals surface area contributed by atoms with Gasteiger partial charge in [-0.05, 0) is 81.8 Å². The second-order valence-corrected chi connectivity index (χ2v) is 11.9. The van der Waals surface area contributed by atoms with E-state index in [0.29, 0.717) is 0 Å². The third-order valence-corrected chi connectivity index (χ3v) is 8.51. The number of fused-ring (bicyclic) bond motifs is 3. The summed E-state index contributed by atoms with van der Waals surface area (Å²) in [5.41, 5.74) is 12.4. The Kier molecular flexibility index (Phi) is 7.43. The van der Waals surface area contributed by atoms with Crippen molar-refractivity contribution in [3.8, 4) is 33.4 Å². The van der Waals surface area contributed by atoms with Crippen molar-refractivity contribution in [2.75, 3.05) is 0 Å². The fraction of sp³-hybridized carbons (Fsp3) is 0.103. The van der Waals surface area contributed by atoms with Crippen LogP contribution in [0.1, 0.15) is 31.9 Å². The molecule has 0 heterocycles. The molecule has 0 aliphatic heterocycles. The highest BCUT2D eigenvalue weighted by atomic mass is 79.9. The lowest BCUT2D eigenvalue weighted by Crippen LogP contribution is -2.15. The molecule has 5 aromatic rings. The van der Waals surface area contributed by atoms with Gasteiger partial charge in [-0.15, -0.1) is 0 Å². The van der Waals surface area contributed by atoms with Crippen LogP contribution in [0.4, 0.5) is 11.4 Å². The average molecular weight is 596 g/mol. The van der Waals surface area contributed by atoms with E-state index in [0.717, 1.165) is 15.8 Å². The van der Waals surface area contributed by atoms with Crippen molar-refractivity contribution in [3.05, 3.63) is 155 Å². The predicted octanol–water partition coefficient (Wildman–Crippen LogP) is 11.1. The highest BCUT2D eigenvalue weighted by Crippen LogP contribution is 2.50. The van der Waals surface area contributed by atoms with Crippen molar-refractivity contribution in [1.82, 2.24) is 4.58 Å². The van der Waals surface area contributed by atoms with Crippen LogP contribution in [-0.2, 0) is 5.41 Å². The smallest absolute Gasteiger partial charge is 0.161 e. The van der Waals surface area contributed by atoms with Crippen LogP contribution >= 0.6 is 15.9 Å². The molecule has 2 heteroatoms. The fourth-order valence-corrected chi connectivity index (χ4v) is 6.14. The first-order valence-electron chi connectivity index (χ1n) is 14.1. The number of benzene rings is 5. The Morgan fingerprint density at radius 3 is 1.73 bits per heavy atom. The van der Waals surface area contributed by atoms with E-state index in [9.17, 15) is 0 Å². The maximum atomic E-state index is 3.68. The molecule has 0 atom stereocenters. The van der Waals surface area contributed by atoms with Gasteiger partial charge in [-0.1, -0.05) is 109 Å². The molecule has 0 spiro atoms. The second kappa shape index (κ2) is 11.3. The maximum absolute atomic E-state index is 3.68. The summed E-state index contributed by atoms with van der Waals surface area (Å²) < 4.78 is 3.40. The molecular weight excluding hydrogens is 562 g/mol. The molecule has 1 nitrogen and oxygen atoms in total. The van der Waals surface area contributed by atoms with E-state index in [1.807, 2.05) is 13.0 Å². The lowest BCUT2D eigenvalue weighted by atomic mass is 9.82. The maximum Gasteiger partial charge on any atom is 0.211 e. The van der Waals surface area contributed by atoms with E-state index in [2.05, 4.69) is 174 Å². The molecular formula is C39H33BrN+. The summed E-state index contributed by atoms with van der Waals surface area (Å²) in [5.74, 6) is 0. The van der Waals surface area contributed by atoms with Gasteiger partial charge in [-0.3, -0.25) is 0 Å². The average Bonchev–Trinajstić information content (AvgIpc) is 3.23. The van der Waals surface area contributed by atoms with Crippen molar-refractivity contribution in [2.24, 2.45) is 0 Å². The third-order valence-electron chi connectivity index (χ3n) is 8.02. The van der Waals surface area contributed by atoms with Gasteiger partial charge in [0, 0.05) is 40.2 Å². The summed E-state index contributed by atoms with van der Waals surface area (Å²) in [7, 11) is 0. The van der Waals surface area contributed by atoms with Crippen LogP contribution in [0.25, 0.3) is 33.4 Å². The number of hydrogen-bond acceptors (Lipinski definition) is 0. The zero-order chi connectivity index (χ0) is 28.4. The Morgan fingerprint density at radius 2 is 1.10 bits per heavy atom. The SMILES string of the molecule is C/C=C\C=C/C=[N+](c1ccc(-c2ccc(-c3ccccc3)cc2)cc1)c1ccc2c(c1)C(C)(C)c1cc(Br)ccc1-2. The van der Waals surface area contributed by atoms with Crippen molar-refractivity contribution in [3.63, 3.8) is 0 Å². The van der Waals surface area contributed by atoms with Crippen LogP contribution in [0.5, 0.6) is 0 Å². The van der Waals surface area contributed by atoms with Gasteiger partial charge >= 0.3 is 0 Å². The van der Waals surface area contributed by atoms with Crippen molar-refractivity contribution in [2.45, 2.75) is 26.2 Å². The summed E-state index contributed by atoms with van der Waals surface area (Å²) >= 11 is 3.68. The van der Waals surface area contributed by atoms with Crippen LogP contribution in [0.15, 0.2) is 144 Å². The molecule has 1 aliphatic carbocycles. The lowest BCUT2D eigenvalue weighted by Gasteiger charge is -2.21. The highest BCUT2D eigenvalue weighted by molar-refractivity contribution is 9.10. The highest BCUT2D eigenvalue weighted by Gasteiger charge is 2.36. The number of allylic oxidation sites excluding steroid dienone is 4. The van der Waals surface area contributed by atoms with E-state index in [-0.39, 0.29) is 5.41 Å². The van der Waals surface area contributed by atoms with Gasteiger partial charge in [0.2, 0.25) is 11.4 Å². The minimum absolute atomic E-state index is 0.0767. The summed E-state index contributed by atoms with van der Waals surface area (Å²) in [6.07, 6.45) is 10.4. The largest absolute Gasteiger partial charge is 0.211 e. The molecule has 0 fully saturated rings. The quantitative estimate of drug-likeness (QED) is 0.104. The zero-order valence-electron chi connectivity index (χ0n) is 23.7. The van der Waals surface area contributed by atoms with Gasteiger partial charge in [-0.25, -0.2) is 0 Å². The van der Waals surface area contributed by atoms with Crippen LogP contribution < -0.4 is 4.58 Å². The second-order valence-electron chi connectivity index (χ2n) is 11.0. The molecule has 0 amide bonds. The summed E-state index contributed by atoms with van der Waals surface area (Å²) in [6.45, 7) is 6.68. The summed E-state index contributed by atoms with van der Waals surface area (Å²) in [6, 6.07) is 41.7. The molecule has 0 saturated carbocycles. The van der Waals surface area contributed by atoms with E-state index in [4.69, 9.17) is 0 Å². The Bertz CT molecular complexity index is 1790. The number of halogens is 1. The summed E-state index contributed by atoms with van der Waals surface area (Å²) in [5, 5.41) is 0. The summed E-state index contributed by atoms with van der Waals surface area (Å²) in [4.78, 5) is 0. The molecule has 1 aliphatic rings. The Labute approximate surface area is 252 Å². The molecule has 0 aromatic heterocycles. The van der Waals surface area contributed by atoms with Gasteiger partial charge in [0.25, 0.3) is 0 Å². The Hall–Kier alpha value is -4.27. The first kappa shape index (κ1) is 26.9. The molecule has 0 radical (unpaired) electrons. The van der Waals surface area contributed by atoms with Gasteiger partial charge in [0.15, 0.2) is 6.21 Å². The molecule has 200 valence electrons. The fourth-order valence-electron chi connectivity index (χ4n) is 5.78. The monoisotopic (exact) mass is 594 g/mol. The van der Waals surface area contributed by atoms with Crippen molar-refractivity contribution in [1.29, 1.82) is 0 Å². The van der Waals surface area contributed by atoms with Gasteiger partial charge in [0.1, 0.15) is 0 Å². The Balaban J connectivity index is 1.35. The van der Waals surface area contributed by atoms with E-state index < -0.39 is 0 Å². The van der Waals surface area contributed by atoms with Crippen LogP contribution in [-0.4, -0.2) is 6.21 Å². The first-order chi connectivity index (χ1) is 20.0. The van der Waals surface area contributed by atoms with Gasteiger partial charge in [-0.2, -0.15) is 4.58 Å². The molecule has 6 rings (SSSR count). The molecule has 5 aromatic carbocycles. The number of rotatable bonds is 6. The van der Waals surface area contributed by atoms with E-state index in [1.54, 1.807) is 0 Å². The minimum Gasteiger partial charge on any atom is -0.161 e. The van der Waals surface area contributed by atoms with Crippen LogP contribution in [0, 0.1) is 0 Å². The van der Waals surface area contributed by atoms with Crippen molar-refractivity contribution >= 4 is 33.5 Å². The van der Waals surface area contributed by atoms with Crippen LogP contribution in [0.2, 0.25) is 0 Å². The predicted molar refractivity (Wildman–Crippen MR) is 180 cm³/mol. The van der Waals surface area contributed by atoms with Gasteiger partial charge in [0.05, 0.1) is 0 Å². The third kappa shape index (κ3) is 5.28.